The van der Waals surface area contributed by atoms with Gasteiger partial charge in [0, 0.05) is 20.2 Å². The summed E-state index contributed by atoms with van der Waals surface area (Å²) in [5.41, 5.74) is 3.10. The van der Waals surface area contributed by atoms with Crippen molar-refractivity contribution in [2.45, 2.75) is 19.3 Å². The second-order valence-corrected chi connectivity index (χ2v) is 4.35. The summed E-state index contributed by atoms with van der Waals surface area (Å²) in [6, 6.07) is 0. The molecule has 0 atom stereocenters. The zero-order valence-corrected chi connectivity index (χ0v) is 10.9. The van der Waals surface area contributed by atoms with Gasteiger partial charge in [0.25, 0.3) is 0 Å². The summed E-state index contributed by atoms with van der Waals surface area (Å²) >= 11 is 0. The number of aromatic nitrogens is 4. The molecule has 0 saturated carbocycles. The molecular formula is C11H19N7O. The van der Waals surface area contributed by atoms with Crippen LogP contribution in [-0.4, -0.2) is 45.5 Å². The Morgan fingerprint density at radius 3 is 2.95 bits per heavy atom. The molecule has 5 N–H and O–H groups in total. The number of hydrogen-bond donors (Lipinski definition) is 4. The zero-order valence-electron chi connectivity index (χ0n) is 10.9. The molecule has 0 aliphatic rings. The Morgan fingerprint density at radius 1 is 1.37 bits per heavy atom. The molecule has 104 valence electrons. The van der Waals surface area contributed by atoms with Crippen LogP contribution in [0.15, 0.2) is 6.20 Å². The lowest BCUT2D eigenvalue weighted by Crippen LogP contribution is -2.21. The molecule has 0 fully saturated rings. The molecule has 0 aliphatic carbocycles. The normalized spacial score (nSPS) is 10.9. The Bertz CT molecular complexity index is 527. The summed E-state index contributed by atoms with van der Waals surface area (Å²) in [5, 5.41) is 16.4. The molecule has 2 aromatic rings. The number of nitrogens with two attached hydrogens (primary N) is 1. The molecule has 0 amide bonds. The highest BCUT2D eigenvalue weighted by Crippen LogP contribution is 2.22. The van der Waals surface area contributed by atoms with E-state index in [1.54, 1.807) is 6.20 Å². The molecule has 0 unspecified atom stereocenters. The molecule has 0 saturated heterocycles. The molecule has 0 aromatic carbocycles. The number of hydrazine groups is 1. The fourth-order valence-corrected chi connectivity index (χ4v) is 1.92. The predicted octanol–water partition coefficient (Wildman–Crippen LogP) is 0.237. The number of hydrogen-bond acceptors (Lipinski definition) is 7. The number of unbranched alkanes of at least 4 members (excludes halogenated alkanes) is 2. The van der Waals surface area contributed by atoms with Crippen molar-refractivity contribution in [1.82, 2.24) is 20.2 Å². The third-order valence-electron chi connectivity index (χ3n) is 2.93. The number of H-pyrrole nitrogens is 1. The van der Waals surface area contributed by atoms with E-state index in [9.17, 15) is 0 Å². The van der Waals surface area contributed by atoms with Gasteiger partial charge >= 0.3 is 0 Å². The first-order valence-electron chi connectivity index (χ1n) is 6.26. The van der Waals surface area contributed by atoms with Gasteiger partial charge in [0.15, 0.2) is 5.65 Å². The minimum atomic E-state index is 0.241. The van der Waals surface area contributed by atoms with Crippen LogP contribution in [0.25, 0.3) is 11.0 Å². The molecule has 8 nitrogen and oxygen atoms in total. The fraction of sp³-hybridized carbons (Fsp3) is 0.545. The van der Waals surface area contributed by atoms with Gasteiger partial charge in [0.2, 0.25) is 5.95 Å². The Labute approximate surface area is 111 Å². The highest BCUT2D eigenvalue weighted by atomic mass is 16.2. The van der Waals surface area contributed by atoms with Crippen molar-refractivity contribution < 1.29 is 5.11 Å². The first kappa shape index (κ1) is 13.5. The van der Waals surface area contributed by atoms with Gasteiger partial charge < -0.3 is 10.0 Å². The van der Waals surface area contributed by atoms with Gasteiger partial charge in [-0.1, -0.05) is 0 Å². The molecule has 2 rings (SSSR count). The standard InChI is InChI=1S/C11H19N7O/c1-18(5-3-2-4-6-19)10-8-7-13-17-9(8)14-11(15-10)16-12/h7,19H,2-6,12H2,1H3,(H2,13,14,15,16,17). The van der Waals surface area contributed by atoms with Crippen LogP contribution in [-0.2, 0) is 0 Å². The van der Waals surface area contributed by atoms with Gasteiger partial charge in [-0.05, 0) is 19.3 Å². The van der Waals surface area contributed by atoms with E-state index in [1.165, 1.54) is 0 Å². The smallest absolute Gasteiger partial charge is 0.241 e. The maximum atomic E-state index is 8.76. The molecule has 8 heteroatoms. The third kappa shape index (κ3) is 3.09. The van der Waals surface area contributed by atoms with Crippen LogP contribution >= 0.6 is 0 Å². The van der Waals surface area contributed by atoms with E-state index >= 15 is 0 Å². The minimum absolute atomic E-state index is 0.241. The lowest BCUT2D eigenvalue weighted by molar-refractivity contribution is 0.283. The summed E-state index contributed by atoms with van der Waals surface area (Å²) in [5.74, 6) is 6.51. The van der Waals surface area contributed by atoms with Gasteiger partial charge in [-0.2, -0.15) is 15.1 Å². The fourth-order valence-electron chi connectivity index (χ4n) is 1.92. The lowest BCUT2D eigenvalue weighted by Gasteiger charge is -2.19. The number of anilines is 2. The van der Waals surface area contributed by atoms with E-state index in [2.05, 4.69) is 25.6 Å². The highest BCUT2D eigenvalue weighted by Gasteiger charge is 2.12. The van der Waals surface area contributed by atoms with E-state index in [4.69, 9.17) is 10.9 Å². The van der Waals surface area contributed by atoms with Crippen molar-refractivity contribution in [2.24, 2.45) is 5.84 Å². The molecular weight excluding hydrogens is 246 g/mol. The van der Waals surface area contributed by atoms with Crippen molar-refractivity contribution in [3.8, 4) is 0 Å². The molecule has 0 spiro atoms. The zero-order chi connectivity index (χ0) is 13.7. The van der Waals surface area contributed by atoms with Crippen LogP contribution in [0.4, 0.5) is 11.8 Å². The number of nitrogens with zero attached hydrogens (tertiary/aromatic N) is 4. The van der Waals surface area contributed by atoms with Crippen LogP contribution in [0.5, 0.6) is 0 Å². The summed E-state index contributed by atoms with van der Waals surface area (Å²) in [6.07, 6.45) is 4.51. The Kier molecular flexibility index (Phi) is 4.48. The molecule has 0 aliphatic heterocycles. The number of nitrogens with one attached hydrogen (secondary N) is 2. The quantitative estimate of drug-likeness (QED) is 0.322. The van der Waals surface area contributed by atoms with Gasteiger partial charge in [-0.3, -0.25) is 10.5 Å². The number of aliphatic hydroxyl groups is 1. The third-order valence-corrected chi connectivity index (χ3v) is 2.93. The van der Waals surface area contributed by atoms with Crippen LogP contribution < -0.4 is 16.2 Å². The van der Waals surface area contributed by atoms with Crippen molar-refractivity contribution in [2.75, 3.05) is 30.5 Å². The summed E-state index contributed by atoms with van der Waals surface area (Å²) in [6.45, 7) is 1.09. The number of aromatic amines is 1. The van der Waals surface area contributed by atoms with E-state index in [1.807, 2.05) is 11.9 Å². The van der Waals surface area contributed by atoms with Crippen LogP contribution in [0.3, 0.4) is 0 Å². The second-order valence-electron chi connectivity index (χ2n) is 4.35. The lowest BCUT2D eigenvalue weighted by atomic mass is 10.2. The van der Waals surface area contributed by atoms with E-state index in [0.717, 1.165) is 37.0 Å². The molecule has 19 heavy (non-hydrogen) atoms. The maximum Gasteiger partial charge on any atom is 0.241 e. The number of aliphatic hydroxyl groups excluding tert-OH is 1. The van der Waals surface area contributed by atoms with Gasteiger partial charge in [-0.15, -0.1) is 0 Å². The van der Waals surface area contributed by atoms with Gasteiger partial charge in [-0.25, -0.2) is 5.84 Å². The van der Waals surface area contributed by atoms with Crippen molar-refractivity contribution in [3.05, 3.63) is 6.20 Å². The second kappa shape index (κ2) is 6.30. The monoisotopic (exact) mass is 265 g/mol. The number of fused-ring (bicyclic) bond motifs is 1. The Balaban J connectivity index is 2.15. The SMILES string of the molecule is CN(CCCCCO)c1nc(NN)nc2[nH]ncc12. The predicted molar refractivity (Wildman–Crippen MR) is 73.7 cm³/mol. The molecule has 2 aromatic heterocycles. The highest BCUT2D eigenvalue weighted by molar-refractivity contribution is 5.87. The van der Waals surface area contributed by atoms with Crippen LogP contribution in [0, 0.1) is 0 Å². The molecule has 0 bridgehead atoms. The average molecular weight is 265 g/mol. The van der Waals surface area contributed by atoms with Crippen LogP contribution in [0.1, 0.15) is 19.3 Å². The average Bonchev–Trinajstić information content (AvgIpc) is 2.90. The first-order chi connectivity index (χ1) is 9.26. The van der Waals surface area contributed by atoms with E-state index in [0.29, 0.717) is 11.6 Å². The van der Waals surface area contributed by atoms with Gasteiger partial charge in [0.05, 0.1) is 11.6 Å². The molecule has 0 radical (unpaired) electrons. The minimum Gasteiger partial charge on any atom is -0.396 e. The van der Waals surface area contributed by atoms with Crippen molar-refractivity contribution >= 4 is 22.8 Å². The topological polar surface area (TPSA) is 116 Å². The Morgan fingerprint density at radius 2 is 2.21 bits per heavy atom. The summed E-state index contributed by atoms with van der Waals surface area (Å²) in [4.78, 5) is 10.6. The number of rotatable bonds is 7. The van der Waals surface area contributed by atoms with E-state index in [-0.39, 0.29) is 6.61 Å². The van der Waals surface area contributed by atoms with Crippen molar-refractivity contribution in [3.63, 3.8) is 0 Å². The summed E-state index contributed by atoms with van der Waals surface area (Å²) in [7, 11) is 1.97. The van der Waals surface area contributed by atoms with E-state index < -0.39 is 0 Å². The molecule has 2 heterocycles. The maximum absolute atomic E-state index is 8.76. The van der Waals surface area contributed by atoms with Crippen LogP contribution in [0.2, 0.25) is 0 Å². The van der Waals surface area contributed by atoms with Crippen molar-refractivity contribution in [1.29, 1.82) is 0 Å². The number of nitrogen functional groups attached to an aromatic ring is 1. The summed E-state index contributed by atoms with van der Waals surface area (Å²) < 4.78 is 0. The first-order valence-corrected chi connectivity index (χ1v) is 6.26. The largest absolute Gasteiger partial charge is 0.396 e. The Hall–Kier alpha value is -1.93. The van der Waals surface area contributed by atoms with Gasteiger partial charge in [0.1, 0.15) is 5.82 Å².